The van der Waals surface area contributed by atoms with E-state index in [1.54, 1.807) is 11.6 Å². The molecule has 0 radical (unpaired) electrons. The van der Waals surface area contributed by atoms with Gasteiger partial charge in [0, 0.05) is 19.3 Å². The van der Waals surface area contributed by atoms with Crippen molar-refractivity contribution >= 4 is 28.3 Å². The Morgan fingerprint density at radius 2 is 2.35 bits per heavy atom. The van der Waals surface area contributed by atoms with Crippen LogP contribution in [0.3, 0.4) is 0 Å². The molecule has 0 aliphatic rings. The second-order valence-electron chi connectivity index (χ2n) is 3.42. The molecular formula is C10H12N4O2S. The van der Waals surface area contributed by atoms with Crippen LogP contribution in [0.5, 0.6) is 0 Å². The Bertz CT molecular complexity index is 546. The molecule has 0 aliphatic carbocycles. The highest BCUT2D eigenvalue weighted by Gasteiger charge is 2.15. The fraction of sp³-hybridized carbons (Fsp3) is 0.300. The lowest BCUT2D eigenvalue weighted by Gasteiger charge is -1.95. The van der Waals surface area contributed by atoms with E-state index >= 15 is 0 Å². The summed E-state index contributed by atoms with van der Waals surface area (Å²) in [5, 5.41) is 7.83. The Morgan fingerprint density at radius 1 is 1.59 bits per heavy atom. The Hall–Kier alpha value is -1.89. The summed E-state index contributed by atoms with van der Waals surface area (Å²) >= 11 is 1.25. The highest BCUT2D eigenvalue weighted by atomic mass is 32.1. The van der Waals surface area contributed by atoms with Crippen LogP contribution < -0.4 is 5.32 Å². The van der Waals surface area contributed by atoms with Crippen LogP contribution in [0.4, 0.5) is 10.9 Å². The van der Waals surface area contributed by atoms with Gasteiger partial charge in [0.2, 0.25) is 0 Å². The number of hydrogen-bond donors (Lipinski definition) is 1. The van der Waals surface area contributed by atoms with E-state index in [1.807, 2.05) is 19.3 Å². The van der Waals surface area contributed by atoms with Crippen molar-refractivity contribution in [2.45, 2.75) is 6.92 Å². The Morgan fingerprint density at radius 3 is 2.94 bits per heavy atom. The van der Waals surface area contributed by atoms with Gasteiger partial charge in [-0.3, -0.25) is 4.68 Å². The number of hydrogen-bond acceptors (Lipinski definition) is 6. The molecule has 2 aromatic rings. The highest BCUT2D eigenvalue weighted by molar-refractivity contribution is 7.17. The van der Waals surface area contributed by atoms with E-state index in [0.29, 0.717) is 21.5 Å². The van der Waals surface area contributed by atoms with E-state index in [-0.39, 0.29) is 5.97 Å². The second kappa shape index (κ2) is 4.54. The van der Waals surface area contributed by atoms with Crippen LogP contribution in [0.2, 0.25) is 0 Å². The summed E-state index contributed by atoms with van der Waals surface area (Å²) in [5.41, 5.74) is 0.653. The molecule has 2 heterocycles. The zero-order valence-electron chi connectivity index (χ0n) is 9.72. The molecule has 0 atom stereocenters. The Kier molecular flexibility index (Phi) is 3.10. The van der Waals surface area contributed by atoms with Gasteiger partial charge in [-0.1, -0.05) is 11.3 Å². The third-order valence-electron chi connectivity index (χ3n) is 2.12. The summed E-state index contributed by atoms with van der Waals surface area (Å²) in [4.78, 5) is 16.2. The maximum absolute atomic E-state index is 11.4. The van der Waals surface area contributed by atoms with Crippen LogP contribution in [-0.4, -0.2) is 27.8 Å². The summed E-state index contributed by atoms with van der Waals surface area (Å²) in [7, 11) is 3.19. The minimum Gasteiger partial charge on any atom is -0.465 e. The first-order valence-electron chi connectivity index (χ1n) is 4.92. The number of esters is 1. The number of ether oxygens (including phenoxy) is 1. The van der Waals surface area contributed by atoms with Crippen LogP contribution >= 0.6 is 11.3 Å². The number of thiazole rings is 1. The average Bonchev–Trinajstić information content (AvgIpc) is 2.85. The molecule has 0 unspecified atom stereocenters. The van der Waals surface area contributed by atoms with Gasteiger partial charge in [-0.05, 0) is 6.92 Å². The van der Waals surface area contributed by atoms with Gasteiger partial charge in [0.05, 0.1) is 12.8 Å². The lowest BCUT2D eigenvalue weighted by Crippen LogP contribution is -1.99. The quantitative estimate of drug-likeness (QED) is 0.842. The normalized spacial score (nSPS) is 10.3. The first-order valence-corrected chi connectivity index (χ1v) is 5.74. The minimum atomic E-state index is -0.367. The average molecular weight is 252 g/mol. The zero-order valence-corrected chi connectivity index (χ0v) is 10.5. The molecule has 0 aromatic carbocycles. The molecule has 0 saturated heterocycles. The Labute approximate surface area is 102 Å². The van der Waals surface area contributed by atoms with Crippen molar-refractivity contribution in [3.8, 4) is 0 Å². The van der Waals surface area contributed by atoms with Crippen LogP contribution in [-0.2, 0) is 11.8 Å². The van der Waals surface area contributed by atoms with E-state index < -0.39 is 0 Å². The smallest absolute Gasteiger partial charge is 0.350 e. The van der Waals surface area contributed by atoms with Gasteiger partial charge in [-0.25, -0.2) is 9.78 Å². The molecule has 2 aromatic heterocycles. The fourth-order valence-corrected chi connectivity index (χ4v) is 2.21. The van der Waals surface area contributed by atoms with Gasteiger partial charge < -0.3 is 10.1 Å². The minimum absolute atomic E-state index is 0.367. The van der Waals surface area contributed by atoms with E-state index in [2.05, 4.69) is 20.1 Å². The SMILES string of the molecule is COC(=O)c1sc(Nc2ccn(C)n2)nc1C. The molecular weight excluding hydrogens is 240 g/mol. The number of aromatic nitrogens is 3. The van der Waals surface area contributed by atoms with Crippen molar-refractivity contribution in [1.82, 2.24) is 14.8 Å². The molecule has 90 valence electrons. The van der Waals surface area contributed by atoms with Crippen molar-refractivity contribution in [2.24, 2.45) is 7.05 Å². The molecule has 7 heteroatoms. The highest BCUT2D eigenvalue weighted by Crippen LogP contribution is 2.25. The number of aryl methyl sites for hydroxylation is 2. The van der Waals surface area contributed by atoms with E-state index in [4.69, 9.17) is 0 Å². The summed E-state index contributed by atoms with van der Waals surface area (Å²) in [5.74, 6) is 0.326. The van der Waals surface area contributed by atoms with Gasteiger partial charge in [0.1, 0.15) is 4.88 Å². The molecule has 0 saturated carbocycles. The van der Waals surface area contributed by atoms with Crippen LogP contribution in [0, 0.1) is 6.92 Å². The number of carbonyl (C=O) groups is 1. The largest absolute Gasteiger partial charge is 0.465 e. The van der Waals surface area contributed by atoms with Crippen LogP contribution in [0.15, 0.2) is 12.3 Å². The predicted molar refractivity (Wildman–Crippen MR) is 64.7 cm³/mol. The monoisotopic (exact) mass is 252 g/mol. The number of anilines is 2. The van der Waals surface area contributed by atoms with Crippen LogP contribution in [0.25, 0.3) is 0 Å². The van der Waals surface area contributed by atoms with Gasteiger partial charge in [0.15, 0.2) is 10.9 Å². The van der Waals surface area contributed by atoms with Gasteiger partial charge in [-0.15, -0.1) is 0 Å². The third kappa shape index (κ3) is 2.44. The molecule has 2 rings (SSSR count). The van der Waals surface area contributed by atoms with E-state index in [0.717, 1.165) is 0 Å². The fourth-order valence-electron chi connectivity index (χ4n) is 1.32. The van der Waals surface area contributed by atoms with Crippen molar-refractivity contribution in [1.29, 1.82) is 0 Å². The van der Waals surface area contributed by atoms with Crippen molar-refractivity contribution in [3.05, 3.63) is 22.8 Å². The molecule has 0 fully saturated rings. The maximum atomic E-state index is 11.4. The van der Waals surface area contributed by atoms with Crippen molar-refractivity contribution < 1.29 is 9.53 Å². The van der Waals surface area contributed by atoms with Gasteiger partial charge in [0.25, 0.3) is 0 Å². The number of methoxy groups -OCH3 is 1. The molecule has 0 aliphatic heterocycles. The molecule has 0 spiro atoms. The molecule has 0 amide bonds. The number of rotatable bonds is 3. The van der Waals surface area contributed by atoms with Gasteiger partial charge >= 0.3 is 5.97 Å². The summed E-state index contributed by atoms with van der Waals surface area (Å²) in [6.07, 6.45) is 1.82. The van der Waals surface area contributed by atoms with Crippen molar-refractivity contribution in [2.75, 3.05) is 12.4 Å². The summed E-state index contributed by atoms with van der Waals surface area (Å²) in [6, 6.07) is 1.83. The lowest BCUT2D eigenvalue weighted by molar-refractivity contribution is 0.0605. The number of nitrogens with one attached hydrogen (secondary N) is 1. The van der Waals surface area contributed by atoms with E-state index in [9.17, 15) is 4.79 Å². The molecule has 17 heavy (non-hydrogen) atoms. The number of nitrogens with zero attached hydrogens (tertiary/aromatic N) is 3. The second-order valence-corrected chi connectivity index (χ2v) is 4.42. The molecule has 6 nitrogen and oxygen atoms in total. The number of carbonyl (C=O) groups excluding carboxylic acids is 1. The lowest BCUT2D eigenvalue weighted by atomic mass is 10.4. The van der Waals surface area contributed by atoms with Crippen LogP contribution in [0.1, 0.15) is 15.4 Å². The Balaban J connectivity index is 2.20. The van der Waals surface area contributed by atoms with E-state index in [1.165, 1.54) is 18.4 Å². The topological polar surface area (TPSA) is 69.0 Å². The first kappa shape index (κ1) is 11.6. The standard InChI is InChI=1S/C10H12N4O2S/c1-6-8(9(15)16-3)17-10(11-6)12-7-4-5-14(2)13-7/h4-5H,1-3H3,(H,11,12,13). The maximum Gasteiger partial charge on any atom is 0.350 e. The predicted octanol–water partition coefficient (Wildman–Crippen LogP) is 1.72. The summed E-state index contributed by atoms with van der Waals surface area (Å²) < 4.78 is 6.35. The first-order chi connectivity index (χ1) is 8.10. The van der Waals surface area contributed by atoms with Crippen molar-refractivity contribution in [3.63, 3.8) is 0 Å². The summed E-state index contributed by atoms with van der Waals surface area (Å²) in [6.45, 7) is 1.77. The molecule has 1 N–H and O–H groups in total. The molecule has 0 bridgehead atoms. The third-order valence-corrected chi connectivity index (χ3v) is 3.17. The zero-order chi connectivity index (χ0) is 12.4. The van der Waals surface area contributed by atoms with Gasteiger partial charge in [-0.2, -0.15) is 5.10 Å².